The van der Waals surface area contributed by atoms with Gasteiger partial charge in [-0.25, -0.2) is 9.13 Å². The maximum atomic E-state index is 11.2. The van der Waals surface area contributed by atoms with Crippen molar-refractivity contribution in [3.63, 3.8) is 0 Å². The molecule has 0 radical (unpaired) electrons. The Bertz CT molecular complexity index is 2120. The fourth-order valence-corrected chi connectivity index (χ4v) is 6.85. The van der Waals surface area contributed by atoms with Crippen molar-refractivity contribution in [3.8, 4) is 50.5 Å². The number of aliphatic hydroxyl groups excluding tert-OH is 1. The van der Waals surface area contributed by atoms with E-state index in [1.54, 1.807) is 28.6 Å². The highest BCUT2D eigenvalue weighted by Gasteiger charge is 2.20. The first-order valence-corrected chi connectivity index (χ1v) is 20.0. The Morgan fingerprint density at radius 2 is 0.817 bits per heavy atom. The van der Waals surface area contributed by atoms with Crippen LogP contribution in [0.1, 0.15) is 35.3 Å². The Labute approximate surface area is 379 Å². The molecule has 4 heterocycles. The molecule has 6 aromatic rings. The number of methoxy groups -OCH3 is 1. The number of aromatic nitrogens is 4. The molecular weight excluding hydrogens is 892 g/mol. The highest BCUT2D eigenvalue weighted by molar-refractivity contribution is 7.51. The average Bonchev–Trinajstić information content (AvgIpc) is 3.16. The number of rotatable bonds is 13. The van der Waals surface area contributed by atoms with E-state index in [1.807, 2.05) is 131 Å². The molecule has 0 amide bonds. The summed E-state index contributed by atoms with van der Waals surface area (Å²) < 4.78 is 35.6. The standard InChI is InChI=1S/C38H36N4O8P2.4CH4.4ClH/c1-50-38-27-34(3-5-37(38)42-20-12-32(13-21-42)30-8-16-40(17-9-30)23-25-52(47,48)49)33-2-4-36(35(26-33)28-43)41-18-10-31(11-19-41)29-6-14-39(15-7-29)22-24-51(44,45)46;;;;;;;;/h2-21,26-27,43H,22-25,28H2,1H3;4*1H4;4*1H. The predicted octanol–water partition coefficient (Wildman–Crippen LogP) is -5.77. The number of aliphatic hydroxyl groups is 1. The topological polar surface area (TPSA) is 160 Å². The third-order valence-corrected chi connectivity index (χ3v) is 10.3. The minimum Gasteiger partial charge on any atom is -1.00 e. The van der Waals surface area contributed by atoms with Gasteiger partial charge in [0, 0.05) is 60.7 Å². The molecule has 0 aliphatic rings. The molecule has 0 saturated heterocycles. The van der Waals surface area contributed by atoms with Gasteiger partial charge in [0.25, 0.3) is 5.69 Å². The molecule has 0 unspecified atom stereocenters. The van der Waals surface area contributed by atoms with Gasteiger partial charge >= 0.3 is 15.2 Å². The summed E-state index contributed by atoms with van der Waals surface area (Å²) in [7, 11) is -6.48. The highest BCUT2D eigenvalue weighted by Crippen LogP contribution is 2.34. The van der Waals surface area contributed by atoms with Crippen LogP contribution in [0.2, 0.25) is 0 Å². The van der Waals surface area contributed by atoms with Gasteiger partial charge in [-0.2, -0.15) is 9.13 Å². The van der Waals surface area contributed by atoms with Crippen molar-refractivity contribution in [1.82, 2.24) is 0 Å². The van der Waals surface area contributed by atoms with E-state index in [-0.39, 0.29) is 111 Å². The summed E-state index contributed by atoms with van der Waals surface area (Å²) in [5.74, 6) is 0.675. The molecule has 6 rings (SSSR count). The molecule has 0 saturated carbocycles. The third-order valence-electron chi connectivity index (χ3n) is 8.73. The maximum Gasteiger partial charge on any atom is 0.331 e. The molecule has 5 N–H and O–H groups in total. The molecule has 18 heteroatoms. The van der Waals surface area contributed by atoms with E-state index in [0.717, 1.165) is 50.3 Å². The number of ether oxygens (including phenoxy) is 1. The minimum absolute atomic E-state index is 0. The van der Waals surface area contributed by atoms with Crippen molar-refractivity contribution < 1.29 is 106 Å². The lowest BCUT2D eigenvalue weighted by molar-refractivity contribution is -0.692. The molecule has 12 nitrogen and oxygen atoms in total. The number of benzene rings is 2. The van der Waals surface area contributed by atoms with E-state index in [0.29, 0.717) is 5.75 Å². The van der Waals surface area contributed by atoms with Crippen LogP contribution in [0.5, 0.6) is 5.75 Å². The van der Waals surface area contributed by atoms with Gasteiger partial charge < -0.3 is 79.0 Å². The fraction of sp³-hybridized carbons (Fsp3) is 0.238. The molecule has 2 aromatic carbocycles. The van der Waals surface area contributed by atoms with Gasteiger partial charge in [0.05, 0.1) is 19.3 Å². The quantitative estimate of drug-likeness (QED) is 0.0567. The van der Waals surface area contributed by atoms with Crippen molar-refractivity contribution >= 4 is 15.2 Å². The largest absolute Gasteiger partial charge is 1.00 e. The van der Waals surface area contributed by atoms with Crippen molar-refractivity contribution in [2.45, 2.75) is 49.4 Å². The first-order valence-electron chi connectivity index (χ1n) is 16.4. The van der Waals surface area contributed by atoms with E-state index in [2.05, 4.69) is 0 Å². The molecule has 60 heavy (non-hydrogen) atoms. The smallest absolute Gasteiger partial charge is 0.331 e. The molecular formula is C42H56Cl4N4O8P2. The summed E-state index contributed by atoms with van der Waals surface area (Å²) in [6.45, 7) is 0.313. The summed E-state index contributed by atoms with van der Waals surface area (Å²) in [4.78, 5) is 36.6. The van der Waals surface area contributed by atoms with Crippen LogP contribution < -0.4 is 72.6 Å². The van der Waals surface area contributed by atoms with Crippen LogP contribution in [0.4, 0.5) is 0 Å². The van der Waals surface area contributed by atoms with E-state index in [9.17, 15) is 14.2 Å². The van der Waals surface area contributed by atoms with Crippen LogP contribution in [-0.4, -0.2) is 44.1 Å². The second kappa shape index (κ2) is 26.6. The van der Waals surface area contributed by atoms with E-state index in [1.165, 1.54) is 0 Å². The van der Waals surface area contributed by atoms with Gasteiger partial charge in [-0.3, -0.25) is 9.13 Å². The SMILES string of the molecule is C.C.C.C.COc1cc(-c2ccc(-[n+]3ccc(-c4cc[n+](CCP(=O)(O)O)cc4)cc3)c(CO)c2)ccc1-[n+]1ccc(-c2cc[n+](CCP(=O)(O)O)cc2)cc1.[Cl-].[Cl-].[Cl-].[Cl-]. The summed E-state index contributed by atoms with van der Waals surface area (Å²) in [5.41, 5.74) is 8.21. The highest BCUT2D eigenvalue weighted by atomic mass is 35.5. The van der Waals surface area contributed by atoms with Crippen LogP contribution in [0.15, 0.2) is 135 Å². The lowest BCUT2D eigenvalue weighted by atomic mass is 10.0. The van der Waals surface area contributed by atoms with Gasteiger partial charge in [-0.05, 0) is 57.6 Å². The predicted molar refractivity (Wildman–Crippen MR) is 219 cm³/mol. The maximum absolute atomic E-state index is 11.2. The second-order valence-electron chi connectivity index (χ2n) is 12.3. The van der Waals surface area contributed by atoms with Gasteiger partial charge in [-0.15, -0.1) is 0 Å². The lowest BCUT2D eigenvalue weighted by Gasteiger charge is -2.10. The first kappa shape index (κ1) is 60.6. The third kappa shape index (κ3) is 15.9. The van der Waals surface area contributed by atoms with Crippen LogP contribution >= 0.6 is 15.2 Å². The molecule has 0 atom stereocenters. The van der Waals surface area contributed by atoms with Crippen LogP contribution in [0.25, 0.3) is 44.8 Å². The van der Waals surface area contributed by atoms with E-state index in [4.69, 9.17) is 24.3 Å². The van der Waals surface area contributed by atoms with Crippen molar-refractivity contribution in [1.29, 1.82) is 0 Å². The Balaban J connectivity index is -0.00000406. The number of hydrogen-bond donors (Lipinski definition) is 5. The normalized spacial score (nSPS) is 10.2. The van der Waals surface area contributed by atoms with Crippen molar-refractivity contribution in [3.05, 3.63) is 140 Å². The molecule has 0 aliphatic carbocycles. The number of pyridine rings is 4. The molecule has 0 spiro atoms. The zero-order valence-corrected chi connectivity index (χ0v) is 34.7. The van der Waals surface area contributed by atoms with Gasteiger partial charge in [-0.1, -0.05) is 29.7 Å². The number of nitrogens with zero attached hydrogens (tertiary/aromatic N) is 4. The zero-order chi connectivity index (χ0) is 36.9. The summed E-state index contributed by atoms with van der Waals surface area (Å²) in [6.07, 6.45) is 14.6. The summed E-state index contributed by atoms with van der Waals surface area (Å²) in [5, 5.41) is 10.3. The molecule has 0 aliphatic heterocycles. The molecule has 0 bridgehead atoms. The number of hydrogen-bond acceptors (Lipinski definition) is 4. The van der Waals surface area contributed by atoms with E-state index < -0.39 is 15.2 Å². The monoisotopic (exact) mass is 946 g/mol. The average molecular weight is 949 g/mol. The van der Waals surface area contributed by atoms with Gasteiger partial charge in [0.15, 0.2) is 68.4 Å². The Morgan fingerprint density at radius 3 is 1.17 bits per heavy atom. The van der Waals surface area contributed by atoms with Crippen molar-refractivity contribution in [2.75, 3.05) is 19.4 Å². The lowest BCUT2D eigenvalue weighted by Crippen LogP contribution is -3.00. The first-order chi connectivity index (χ1) is 24.9. The van der Waals surface area contributed by atoms with Crippen LogP contribution in [0.3, 0.4) is 0 Å². The van der Waals surface area contributed by atoms with Gasteiger partial charge in [0.1, 0.15) is 12.3 Å². The van der Waals surface area contributed by atoms with Crippen LogP contribution in [-0.2, 0) is 28.8 Å². The Kier molecular flexibility index (Phi) is 26.8. The number of halogens is 4. The second-order valence-corrected chi connectivity index (χ2v) is 15.9. The fourth-order valence-electron chi connectivity index (χ4n) is 5.86. The molecule has 0 fully saturated rings. The minimum atomic E-state index is -4.06. The summed E-state index contributed by atoms with van der Waals surface area (Å²) in [6, 6.07) is 27.5. The zero-order valence-electron chi connectivity index (χ0n) is 29.9. The van der Waals surface area contributed by atoms with Gasteiger partial charge in [0.2, 0.25) is 5.69 Å². The molecule has 4 aromatic heterocycles. The van der Waals surface area contributed by atoms with E-state index >= 15 is 0 Å². The Hall–Kier alpha value is -3.74. The molecule has 330 valence electrons. The van der Waals surface area contributed by atoms with Crippen molar-refractivity contribution in [2.24, 2.45) is 0 Å². The Morgan fingerprint density at radius 1 is 0.483 bits per heavy atom. The number of aryl methyl sites for hydroxylation is 2. The van der Waals surface area contributed by atoms with Crippen LogP contribution in [0, 0.1) is 0 Å². The summed E-state index contributed by atoms with van der Waals surface area (Å²) >= 11 is 0.